The maximum Gasteiger partial charge on any atom is 0.475 e. The molecule has 0 aromatic heterocycles. The highest BCUT2D eigenvalue weighted by Gasteiger charge is 2.62. The van der Waals surface area contributed by atoms with Crippen LogP contribution in [0.4, 0.5) is 4.79 Å². The molecule has 1 amide bonds. The number of benzene rings is 10. The van der Waals surface area contributed by atoms with Gasteiger partial charge >= 0.3 is 49.3 Å². The van der Waals surface area contributed by atoms with E-state index in [0.29, 0.717) is 75.9 Å². The van der Waals surface area contributed by atoms with Gasteiger partial charge in [-0.2, -0.15) is 0 Å². The Morgan fingerprint density at radius 2 is 0.512 bits per heavy atom. The molecule has 0 aliphatic heterocycles. The summed E-state index contributed by atoms with van der Waals surface area (Å²) in [5, 5.41) is 2.82. The van der Waals surface area contributed by atoms with E-state index in [4.69, 9.17) is 78.0 Å². The number of unbranched alkanes of at least 4 members (excludes halogenated alkanes) is 10. The predicted octanol–water partition coefficient (Wildman–Crippen LogP) is 23.5. The second kappa shape index (κ2) is 54.3. The highest BCUT2D eigenvalue weighted by molar-refractivity contribution is 7.49. The van der Waals surface area contributed by atoms with E-state index in [9.17, 15) is 14.4 Å². The average Bonchev–Trinajstić information content (AvgIpc) is 0.739. The van der Waals surface area contributed by atoms with E-state index in [1.54, 1.807) is 273 Å². The molecule has 3 unspecified atom stereocenters. The van der Waals surface area contributed by atoms with Gasteiger partial charge in [-0.05, 0) is 74.9 Å². The van der Waals surface area contributed by atoms with Gasteiger partial charge in [-0.1, -0.05) is 368 Å². The Labute approximate surface area is 745 Å². The molecule has 0 bridgehead atoms. The highest BCUT2D eigenvalue weighted by atomic mass is 31.2. The molecule has 10 aromatic carbocycles. The minimum Gasteiger partial charge on any atom is -0.462 e. The number of carbonyl (C=O) groups is 3. The lowest BCUT2D eigenvalue weighted by Crippen LogP contribution is -2.67. The average molecular weight is 1810 g/mol. The van der Waals surface area contributed by atoms with Gasteiger partial charge in [0.2, 0.25) is 0 Å². The summed E-state index contributed by atoms with van der Waals surface area (Å²) in [5.74, 6) is -1.26. The fourth-order valence-electron chi connectivity index (χ4n) is 13.5. The summed E-state index contributed by atoms with van der Waals surface area (Å²) >= 11 is 0. The Bertz CT molecular complexity index is 4650. The summed E-state index contributed by atoms with van der Waals surface area (Å²) in [7, 11) is -21.5. The van der Waals surface area contributed by atoms with Crippen molar-refractivity contribution in [2.24, 2.45) is 0 Å². The van der Waals surface area contributed by atoms with E-state index in [0.717, 1.165) is 63.4 Å². The van der Waals surface area contributed by atoms with E-state index in [1.807, 2.05) is 37.3 Å². The molecule has 676 valence electrons. The summed E-state index contributed by atoms with van der Waals surface area (Å²) in [4.78, 5) is 40.2. The Hall–Kier alpha value is -9.23. The third kappa shape index (κ3) is 36.0. The molecule has 25 nitrogen and oxygen atoms in total. The van der Waals surface area contributed by atoms with E-state index < -0.39 is 152 Å². The molecule has 29 heteroatoms. The van der Waals surface area contributed by atoms with Crippen LogP contribution >= 0.6 is 31.3 Å². The zero-order chi connectivity index (χ0) is 88.7. The topological polar surface area (TPSA) is 288 Å². The van der Waals surface area contributed by atoms with Crippen molar-refractivity contribution in [1.29, 1.82) is 0 Å². The van der Waals surface area contributed by atoms with E-state index >= 15 is 18.3 Å². The van der Waals surface area contributed by atoms with Crippen LogP contribution < -0.4 is 5.32 Å². The molecule has 1 aliphatic rings. The van der Waals surface area contributed by atoms with Crippen LogP contribution in [0.1, 0.15) is 152 Å². The zero-order valence-electron chi connectivity index (χ0n) is 71.6. The molecule has 0 radical (unpaired) electrons. The van der Waals surface area contributed by atoms with Crippen LogP contribution in [0.3, 0.4) is 0 Å². The molecule has 0 spiro atoms. The van der Waals surface area contributed by atoms with Gasteiger partial charge in [0.25, 0.3) is 0 Å². The largest absolute Gasteiger partial charge is 0.475 e. The lowest BCUT2D eigenvalue weighted by molar-refractivity contribution is -0.241. The molecule has 1 N–H and O–H groups in total. The number of amides is 1. The third-order valence-corrected chi connectivity index (χ3v) is 25.9. The van der Waals surface area contributed by atoms with Crippen LogP contribution in [0.2, 0.25) is 0 Å². The number of phosphoric ester groups is 4. The van der Waals surface area contributed by atoms with Crippen molar-refractivity contribution in [1.82, 2.24) is 5.32 Å². The molecule has 0 heterocycles. The van der Waals surface area contributed by atoms with Crippen molar-refractivity contribution >= 4 is 49.3 Å². The minimum absolute atomic E-state index is 0.0292. The van der Waals surface area contributed by atoms with Crippen molar-refractivity contribution in [3.8, 4) is 0 Å². The molecular weight excluding hydrogens is 1700 g/mol. The van der Waals surface area contributed by atoms with Crippen LogP contribution in [0, 0.1) is 0 Å². The van der Waals surface area contributed by atoms with Crippen molar-refractivity contribution in [3.05, 3.63) is 359 Å². The van der Waals surface area contributed by atoms with Crippen LogP contribution in [-0.4, -0.2) is 80.5 Å². The number of esters is 2. The number of phosphoric acid groups is 4. The summed E-state index contributed by atoms with van der Waals surface area (Å²) in [5.41, 5.74) is 5.54. The van der Waals surface area contributed by atoms with Gasteiger partial charge in [0.15, 0.2) is 6.10 Å². The van der Waals surface area contributed by atoms with Crippen molar-refractivity contribution in [3.63, 3.8) is 0 Å². The number of ether oxygens (including phenoxy) is 5. The SMILES string of the molecule is CCCCCC(=O)O[C@H](COC(=O)CCCCCCCCCCCNC(=O)OCc1ccccc1)COP(=O)(OCc1ccccc1)OC1[C@H](OCc2ccccc2)[C@H](OP(=O)(OCc2ccccc2)OCc2ccccc2)C(OP(=O)(OCc2ccccc2)OCc2ccccc2)[C@H](OP(=O)(OCc2ccccc2)OCc2ccccc2)[C@H]1OCc1ccccc1. The maximum atomic E-state index is 17.2. The third-order valence-electron chi connectivity index (χ3n) is 20.3. The van der Waals surface area contributed by atoms with E-state index in [1.165, 1.54) is 0 Å². The van der Waals surface area contributed by atoms with Gasteiger partial charge in [-0.25, -0.2) is 23.1 Å². The molecule has 127 heavy (non-hydrogen) atoms. The van der Waals surface area contributed by atoms with Crippen molar-refractivity contribution < 1.29 is 111 Å². The fourth-order valence-corrected chi connectivity index (χ4v) is 18.9. The minimum atomic E-state index is -5.49. The van der Waals surface area contributed by atoms with Crippen LogP contribution in [0.15, 0.2) is 303 Å². The summed E-state index contributed by atoms with van der Waals surface area (Å²) in [6, 6.07) is 88.6. The van der Waals surface area contributed by atoms with E-state index in [-0.39, 0.29) is 32.7 Å². The summed E-state index contributed by atoms with van der Waals surface area (Å²) < 4.78 is 181. The van der Waals surface area contributed by atoms with Gasteiger partial charge in [0.1, 0.15) is 49.8 Å². The van der Waals surface area contributed by atoms with Gasteiger partial charge in [-0.15, -0.1) is 0 Å². The number of alkyl carbamates (subject to hydrolysis) is 1. The summed E-state index contributed by atoms with van der Waals surface area (Å²) in [6.07, 6.45) is -4.84. The van der Waals surface area contributed by atoms with Gasteiger partial charge in [0, 0.05) is 19.4 Å². The Balaban J connectivity index is 0.995. The van der Waals surface area contributed by atoms with Crippen LogP contribution in [0.25, 0.3) is 0 Å². The van der Waals surface area contributed by atoms with Gasteiger partial charge in [-0.3, -0.25) is 63.9 Å². The smallest absolute Gasteiger partial charge is 0.462 e. The second-order valence-electron chi connectivity index (χ2n) is 30.4. The number of hydrogen-bond acceptors (Lipinski definition) is 24. The molecule has 1 aliphatic carbocycles. The first-order chi connectivity index (χ1) is 62.1. The quantitative estimate of drug-likeness (QED) is 0.0160. The number of nitrogens with one attached hydrogen (secondary N) is 1. The van der Waals surface area contributed by atoms with Crippen molar-refractivity contribution in [2.75, 3.05) is 19.8 Å². The van der Waals surface area contributed by atoms with Crippen LogP contribution in [-0.2, 0) is 172 Å². The normalized spacial score (nSPS) is 16.7. The van der Waals surface area contributed by atoms with E-state index in [2.05, 4.69) is 5.32 Å². The fraction of sp³-hybridized carbons (Fsp3) is 0.357. The summed E-state index contributed by atoms with van der Waals surface area (Å²) in [6.45, 7) is -2.43. The first-order valence-corrected chi connectivity index (χ1v) is 49.1. The molecule has 1 fully saturated rings. The monoisotopic (exact) mass is 1810 g/mol. The molecule has 1 saturated carbocycles. The Morgan fingerprint density at radius 1 is 0.268 bits per heavy atom. The highest BCUT2D eigenvalue weighted by Crippen LogP contribution is 2.63. The molecule has 8 atom stereocenters. The lowest BCUT2D eigenvalue weighted by atomic mass is 9.84. The molecule has 10 aromatic rings. The first kappa shape index (κ1) is 98.4. The number of hydrogen-bond donors (Lipinski definition) is 1. The molecular formula is C98H115NO24P4. The number of rotatable bonds is 59. The predicted molar refractivity (Wildman–Crippen MR) is 480 cm³/mol. The molecule has 0 saturated heterocycles. The van der Waals surface area contributed by atoms with Gasteiger partial charge in [0.05, 0.1) is 66.1 Å². The second-order valence-corrected chi connectivity index (χ2v) is 36.9. The Morgan fingerprint density at radius 3 is 0.819 bits per heavy atom. The van der Waals surface area contributed by atoms with Gasteiger partial charge < -0.3 is 29.0 Å². The van der Waals surface area contributed by atoms with Crippen molar-refractivity contribution in [2.45, 2.75) is 206 Å². The lowest BCUT2D eigenvalue weighted by Gasteiger charge is -2.50. The standard InChI is InChI=1S/C98H115NO24P4/c1-2-3-21-65-91(101)119-89(77-107-90(100)64-42-9-7-5-4-6-8-10-43-66-99-98(102)110-69-81-48-26-13-27-49-81)78-118-127(106,117-76-88-62-40-20-41-63-88)120-94-92(108-67-79-44-22-11-23-45-79)95(121-124(103,111-70-82-50-28-14-29-51-82)112-71-83-52-30-15-31-53-83)97(123-126(105,115-74-86-58-36-18-37-59-86)116-75-87-60-38-19-39-61-87)96(93(94)109-68-80-46-24-12-25-47-80)122-125(104,113-72-84-54-32-16-33-55-84)114-73-85-56-34-17-35-57-85/h11-20,22-41,44-63,89,92-97H,2-10,21,42-43,64-78H2,1H3,(H,99,102)/t89-,92+,93+,94?,95-,96+,97?,127?/m1/s1. The zero-order valence-corrected chi connectivity index (χ0v) is 75.2. The Kier molecular flexibility index (Phi) is 42.1. The first-order valence-electron chi connectivity index (χ1n) is 43.2. The maximum absolute atomic E-state index is 17.2. The molecule has 11 rings (SSSR count). The van der Waals surface area contributed by atoms with Crippen LogP contribution in [0.5, 0.6) is 0 Å². The number of carbonyl (C=O) groups excluding carboxylic acids is 3.